The molecule has 1 aromatic heterocycles. The van der Waals surface area contributed by atoms with E-state index < -0.39 is 0 Å². The van der Waals surface area contributed by atoms with Crippen molar-refractivity contribution in [3.63, 3.8) is 0 Å². The second-order valence-electron chi connectivity index (χ2n) is 6.82. The zero-order chi connectivity index (χ0) is 18.9. The molecule has 0 unspecified atom stereocenters. The molecule has 0 saturated carbocycles. The van der Waals surface area contributed by atoms with E-state index in [-0.39, 0.29) is 19.3 Å². The molecule has 0 atom stereocenters. The van der Waals surface area contributed by atoms with Crippen LogP contribution in [0.2, 0.25) is 19.1 Å². The van der Waals surface area contributed by atoms with Gasteiger partial charge in [0.25, 0.3) is 5.91 Å². The molecular formula is C18H28BrN4O2Si. The zero-order valence-corrected chi connectivity index (χ0v) is 18.2. The van der Waals surface area contributed by atoms with Crippen molar-refractivity contribution in [2.24, 2.45) is 0 Å². The van der Waals surface area contributed by atoms with Crippen molar-refractivity contribution >= 4 is 40.9 Å². The lowest BCUT2D eigenvalue weighted by molar-refractivity contribution is 0.0755. The van der Waals surface area contributed by atoms with Crippen LogP contribution in [0.15, 0.2) is 12.3 Å². The van der Waals surface area contributed by atoms with Crippen LogP contribution in [0.4, 0.5) is 5.69 Å². The number of rotatable bonds is 8. The number of carbonyl (C=O) groups is 1. The van der Waals surface area contributed by atoms with Crippen molar-refractivity contribution in [1.82, 2.24) is 9.88 Å². The lowest BCUT2D eigenvalue weighted by Crippen LogP contribution is -2.32. The van der Waals surface area contributed by atoms with Crippen LogP contribution in [0.1, 0.15) is 41.7 Å². The minimum Gasteiger partial charge on any atom is -0.362 e. The minimum atomic E-state index is -0.288. The Labute approximate surface area is 166 Å². The Hall–Kier alpha value is -1.25. The van der Waals surface area contributed by atoms with Crippen molar-refractivity contribution in [3.05, 3.63) is 23.5 Å². The van der Waals surface area contributed by atoms with Crippen LogP contribution in [-0.4, -0.2) is 55.6 Å². The van der Waals surface area contributed by atoms with Crippen molar-refractivity contribution in [2.75, 3.05) is 31.7 Å². The van der Waals surface area contributed by atoms with Crippen molar-refractivity contribution < 1.29 is 9.53 Å². The number of anilines is 1. The summed E-state index contributed by atoms with van der Waals surface area (Å²) in [7, 11) is -0.288. The van der Waals surface area contributed by atoms with E-state index in [9.17, 15) is 4.79 Å². The molecule has 1 aliphatic heterocycles. The quantitative estimate of drug-likeness (QED) is 0.278. The van der Waals surface area contributed by atoms with Crippen molar-refractivity contribution in [1.29, 1.82) is 5.41 Å². The summed E-state index contributed by atoms with van der Waals surface area (Å²) in [6.07, 6.45) is 6.03. The van der Waals surface area contributed by atoms with E-state index >= 15 is 0 Å². The van der Waals surface area contributed by atoms with Gasteiger partial charge in [-0.05, 0) is 40.9 Å². The highest BCUT2D eigenvalue weighted by Gasteiger charge is 2.20. The van der Waals surface area contributed by atoms with Crippen LogP contribution in [0.3, 0.4) is 0 Å². The summed E-state index contributed by atoms with van der Waals surface area (Å²) in [4.78, 5) is 19.0. The van der Waals surface area contributed by atoms with Crippen LogP contribution in [0.25, 0.3) is 0 Å². The predicted octanol–water partition coefficient (Wildman–Crippen LogP) is 3.96. The van der Waals surface area contributed by atoms with Crippen LogP contribution >= 0.6 is 15.9 Å². The fourth-order valence-corrected chi connectivity index (χ4v) is 3.68. The second kappa shape index (κ2) is 10.8. The normalized spacial score (nSPS) is 15.0. The maximum atomic E-state index is 12.8. The van der Waals surface area contributed by atoms with E-state index in [1.54, 1.807) is 12.3 Å². The number of halogens is 1. The Balaban J connectivity index is 2.06. The molecule has 0 aliphatic carbocycles. The number of likely N-dealkylation sites (tertiary alicyclic amines) is 1. The van der Waals surface area contributed by atoms with Gasteiger partial charge in [-0.15, -0.1) is 0 Å². The lowest BCUT2D eigenvalue weighted by Gasteiger charge is -2.20. The minimum absolute atomic E-state index is 0.0345. The first kappa shape index (κ1) is 21.1. The second-order valence-corrected chi connectivity index (χ2v) is 10.5. The standard InChI is InChI=1S/C18H28BrN4O2Si/c1-26(2)10-9-25-13-22-15-11-16(21-12-14(15)17(19)20)18(24)23-7-5-3-4-6-8-23/h11-12,20H,3-10,13H2,1-2H3,(H,21,22). The molecule has 2 N–H and O–H groups in total. The summed E-state index contributed by atoms with van der Waals surface area (Å²) in [5.74, 6) is -0.0345. The topological polar surface area (TPSA) is 78.3 Å². The van der Waals surface area contributed by atoms with Gasteiger partial charge in [-0.25, -0.2) is 0 Å². The summed E-state index contributed by atoms with van der Waals surface area (Å²) < 4.78 is 5.86. The van der Waals surface area contributed by atoms with Crippen molar-refractivity contribution in [2.45, 2.75) is 44.8 Å². The lowest BCUT2D eigenvalue weighted by atomic mass is 10.2. The van der Waals surface area contributed by atoms with E-state index in [2.05, 4.69) is 39.3 Å². The fourth-order valence-electron chi connectivity index (χ4n) is 2.81. The van der Waals surface area contributed by atoms with Gasteiger partial charge in [0.15, 0.2) is 0 Å². The molecule has 2 rings (SSSR count). The molecule has 26 heavy (non-hydrogen) atoms. The molecule has 2 heterocycles. The van der Waals surface area contributed by atoms with Crippen molar-refractivity contribution in [3.8, 4) is 0 Å². The molecule has 1 fully saturated rings. The highest BCUT2D eigenvalue weighted by atomic mass is 79.9. The van der Waals surface area contributed by atoms with Gasteiger partial charge in [0, 0.05) is 45.9 Å². The van der Waals surface area contributed by atoms with E-state index in [1.165, 1.54) is 12.8 Å². The third kappa shape index (κ3) is 6.48. The smallest absolute Gasteiger partial charge is 0.272 e. The molecule has 1 aliphatic rings. The molecule has 0 aromatic carbocycles. The number of ether oxygens (including phenoxy) is 1. The van der Waals surface area contributed by atoms with Gasteiger partial charge >= 0.3 is 0 Å². The summed E-state index contributed by atoms with van der Waals surface area (Å²) >= 11 is 3.19. The van der Waals surface area contributed by atoms with E-state index in [0.29, 0.717) is 23.7 Å². The Morgan fingerprint density at radius 1 is 1.35 bits per heavy atom. The third-order valence-electron chi connectivity index (χ3n) is 4.36. The summed E-state index contributed by atoms with van der Waals surface area (Å²) in [5, 5.41) is 11.0. The van der Waals surface area contributed by atoms with Gasteiger partial charge in [0.2, 0.25) is 0 Å². The molecule has 1 radical (unpaired) electrons. The SMILES string of the molecule is C[Si](C)CCOCNc1cc(C(=O)N2CCCCCC2)ncc1C(=N)Br. The Bertz CT molecular complexity index is 619. The number of hydrogen-bond donors (Lipinski definition) is 2. The molecular weight excluding hydrogens is 412 g/mol. The third-order valence-corrected chi connectivity index (χ3v) is 6.00. The number of nitrogens with one attached hydrogen (secondary N) is 2. The molecule has 0 bridgehead atoms. The van der Waals surface area contributed by atoms with Crippen LogP contribution < -0.4 is 5.32 Å². The number of aromatic nitrogens is 1. The summed E-state index contributed by atoms with van der Waals surface area (Å²) in [5.41, 5.74) is 1.73. The first-order valence-corrected chi connectivity index (χ1v) is 12.6. The van der Waals surface area contributed by atoms with Gasteiger partial charge in [-0.3, -0.25) is 15.2 Å². The van der Waals surface area contributed by atoms with Gasteiger partial charge in [-0.2, -0.15) is 0 Å². The zero-order valence-electron chi connectivity index (χ0n) is 15.6. The first-order chi connectivity index (χ1) is 12.5. The number of pyridine rings is 1. The number of hydrogen-bond acceptors (Lipinski definition) is 5. The fraction of sp³-hybridized carbons (Fsp3) is 0.611. The number of nitrogens with zero attached hydrogens (tertiary/aromatic N) is 2. The van der Waals surface area contributed by atoms with Gasteiger partial charge < -0.3 is 15.0 Å². The number of carbonyl (C=O) groups excluding carboxylic acids is 1. The van der Waals surface area contributed by atoms with Gasteiger partial charge in [-0.1, -0.05) is 25.9 Å². The van der Waals surface area contributed by atoms with E-state index in [0.717, 1.165) is 38.6 Å². The van der Waals surface area contributed by atoms with Crippen LogP contribution in [-0.2, 0) is 4.74 Å². The average Bonchev–Trinajstić information content (AvgIpc) is 2.89. The summed E-state index contributed by atoms with van der Waals surface area (Å²) in [6.45, 7) is 7.18. The number of amides is 1. The summed E-state index contributed by atoms with van der Waals surface area (Å²) in [6, 6.07) is 2.83. The monoisotopic (exact) mass is 439 g/mol. The van der Waals surface area contributed by atoms with Crippen LogP contribution in [0.5, 0.6) is 0 Å². The predicted molar refractivity (Wildman–Crippen MR) is 111 cm³/mol. The molecule has 0 spiro atoms. The van der Waals surface area contributed by atoms with E-state index in [1.807, 2.05) is 4.90 Å². The van der Waals surface area contributed by atoms with E-state index in [4.69, 9.17) is 10.1 Å². The van der Waals surface area contributed by atoms with Gasteiger partial charge in [0.1, 0.15) is 17.0 Å². The average molecular weight is 440 g/mol. The molecule has 1 aromatic rings. The molecule has 143 valence electrons. The molecule has 1 saturated heterocycles. The maximum Gasteiger partial charge on any atom is 0.272 e. The van der Waals surface area contributed by atoms with Crippen LogP contribution in [0, 0.1) is 5.41 Å². The highest BCUT2D eigenvalue weighted by Crippen LogP contribution is 2.20. The molecule has 1 amide bonds. The molecule has 6 nitrogen and oxygen atoms in total. The highest BCUT2D eigenvalue weighted by molar-refractivity contribution is 9.18. The Morgan fingerprint density at radius 2 is 2.04 bits per heavy atom. The Kier molecular flexibility index (Phi) is 8.74. The molecule has 8 heteroatoms. The Morgan fingerprint density at radius 3 is 2.65 bits per heavy atom. The maximum absolute atomic E-state index is 12.8. The van der Waals surface area contributed by atoms with Gasteiger partial charge in [0.05, 0.1) is 0 Å². The largest absolute Gasteiger partial charge is 0.362 e. The first-order valence-electron chi connectivity index (χ1n) is 9.13.